The molecule has 2 N–H and O–H groups in total. The molecule has 18 heavy (non-hydrogen) atoms. The topological polar surface area (TPSA) is 61.8 Å². The van der Waals surface area contributed by atoms with Gasteiger partial charge in [-0.15, -0.1) is 0 Å². The number of carbonyl (C=O) groups excluding carboxylic acids is 1. The average molecular weight is 252 g/mol. The number of methoxy groups -OCH3 is 1. The van der Waals surface area contributed by atoms with Gasteiger partial charge in [0.15, 0.2) is 0 Å². The van der Waals surface area contributed by atoms with Crippen LogP contribution in [0.25, 0.3) is 0 Å². The van der Waals surface area contributed by atoms with Crippen LogP contribution in [0.4, 0.5) is 5.69 Å². The first kappa shape index (κ1) is 14.5. The molecule has 1 amide bonds. The van der Waals surface area contributed by atoms with E-state index < -0.39 is 0 Å². The van der Waals surface area contributed by atoms with Crippen molar-refractivity contribution in [2.24, 2.45) is 0 Å². The van der Waals surface area contributed by atoms with E-state index in [2.05, 4.69) is 5.43 Å². The molecule has 1 aromatic carbocycles. The highest BCUT2D eigenvalue weighted by Gasteiger charge is 2.14. The van der Waals surface area contributed by atoms with Gasteiger partial charge >= 0.3 is 0 Å². The van der Waals surface area contributed by atoms with Crippen molar-refractivity contribution in [1.29, 1.82) is 0 Å². The number of aliphatic hydroxyl groups excluding tert-OH is 1. The second-order valence-electron chi connectivity index (χ2n) is 4.08. The van der Waals surface area contributed by atoms with Crippen LogP contribution in [0.3, 0.4) is 0 Å². The normalized spacial score (nSPS) is 10.2. The number of amides is 1. The third-order valence-corrected chi connectivity index (χ3v) is 2.62. The molecule has 0 radical (unpaired) electrons. The van der Waals surface area contributed by atoms with Crippen molar-refractivity contribution in [2.45, 2.75) is 13.8 Å². The first-order chi connectivity index (χ1) is 8.60. The van der Waals surface area contributed by atoms with Crippen molar-refractivity contribution in [2.75, 3.05) is 32.3 Å². The Morgan fingerprint density at radius 1 is 1.39 bits per heavy atom. The summed E-state index contributed by atoms with van der Waals surface area (Å²) in [4.78, 5) is 11.8. The fraction of sp³-hybridized carbons (Fsp3) is 0.462. The van der Waals surface area contributed by atoms with Crippen LogP contribution in [-0.4, -0.2) is 42.9 Å². The van der Waals surface area contributed by atoms with Crippen molar-refractivity contribution >= 4 is 11.6 Å². The zero-order valence-corrected chi connectivity index (χ0v) is 11.1. The molecule has 0 aromatic heterocycles. The number of aryl methyl sites for hydroxylation is 2. The second-order valence-corrected chi connectivity index (χ2v) is 4.08. The monoisotopic (exact) mass is 252 g/mol. The minimum Gasteiger partial charge on any atom is -0.394 e. The SMILES string of the molecule is COCC(=O)N(CCO)Nc1c(C)cccc1C. The van der Waals surface area contributed by atoms with E-state index in [4.69, 9.17) is 9.84 Å². The van der Waals surface area contributed by atoms with Gasteiger partial charge in [0.2, 0.25) is 0 Å². The summed E-state index contributed by atoms with van der Waals surface area (Å²) in [5.74, 6) is -0.214. The van der Waals surface area contributed by atoms with E-state index in [-0.39, 0.29) is 25.7 Å². The van der Waals surface area contributed by atoms with Crippen LogP contribution < -0.4 is 5.43 Å². The molecule has 0 aliphatic heterocycles. The van der Waals surface area contributed by atoms with E-state index in [1.165, 1.54) is 12.1 Å². The molecule has 1 aromatic rings. The summed E-state index contributed by atoms with van der Waals surface area (Å²) in [6, 6.07) is 5.89. The molecule has 0 aliphatic rings. The van der Waals surface area contributed by atoms with E-state index in [9.17, 15) is 4.79 Å². The van der Waals surface area contributed by atoms with E-state index in [0.29, 0.717) is 0 Å². The van der Waals surface area contributed by atoms with Gasteiger partial charge in [-0.2, -0.15) is 0 Å². The number of carbonyl (C=O) groups is 1. The molecule has 0 saturated heterocycles. The predicted molar refractivity (Wildman–Crippen MR) is 70.2 cm³/mol. The summed E-state index contributed by atoms with van der Waals surface area (Å²) < 4.78 is 4.82. The average Bonchev–Trinajstić information content (AvgIpc) is 2.33. The number of anilines is 1. The first-order valence-electron chi connectivity index (χ1n) is 5.83. The Bertz CT molecular complexity index is 387. The molecule has 0 atom stereocenters. The highest BCUT2D eigenvalue weighted by atomic mass is 16.5. The van der Waals surface area contributed by atoms with Gasteiger partial charge in [-0.1, -0.05) is 18.2 Å². The number of rotatable bonds is 6. The molecule has 0 heterocycles. The van der Waals surface area contributed by atoms with Gasteiger partial charge in [-0.25, -0.2) is 0 Å². The van der Waals surface area contributed by atoms with Crippen molar-refractivity contribution in [3.05, 3.63) is 29.3 Å². The first-order valence-corrected chi connectivity index (χ1v) is 5.83. The Hall–Kier alpha value is -1.59. The van der Waals surface area contributed by atoms with Crippen molar-refractivity contribution in [3.63, 3.8) is 0 Å². The lowest BCUT2D eigenvalue weighted by Crippen LogP contribution is -2.40. The number of hydrazine groups is 1. The Morgan fingerprint density at radius 3 is 2.50 bits per heavy atom. The van der Waals surface area contributed by atoms with E-state index >= 15 is 0 Å². The van der Waals surface area contributed by atoms with Crippen LogP contribution in [0, 0.1) is 13.8 Å². The molecular formula is C13H20N2O3. The minimum absolute atomic E-state index is 0.0159. The molecule has 100 valence electrons. The maximum Gasteiger partial charge on any atom is 0.266 e. The summed E-state index contributed by atoms with van der Waals surface area (Å²) >= 11 is 0. The standard InChI is InChI=1S/C13H20N2O3/c1-10-5-4-6-11(2)13(10)14-15(7-8-16)12(17)9-18-3/h4-6,14,16H,7-9H2,1-3H3. The number of benzene rings is 1. The second kappa shape index (κ2) is 6.98. The quantitative estimate of drug-likeness (QED) is 0.744. The van der Waals surface area contributed by atoms with Gasteiger partial charge in [0.05, 0.1) is 18.8 Å². The van der Waals surface area contributed by atoms with Gasteiger partial charge in [-0.3, -0.25) is 15.2 Å². The summed E-state index contributed by atoms with van der Waals surface area (Å²) in [5.41, 5.74) is 6.02. The summed E-state index contributed by atoms with van der Waals surface area (Å²) in [6.07, 6.45) is 0. The fourth-order valence-electron chi connectivity index (χ4n) is 1.67. The summed E-state index contributed by atoms with van der Waals surface area (Å²) in [7, 11) is 1.47. The zero-order valence-electron chi connectivity index (χ0n) is 11.1. The van der Waals surface area contributed by atoms with E-state index in [1.54, 1.807) is 0 Å². The minimum atomic E-state index is -0.214. The predicted octanol–water partition coefficient (Wildman–Crippen LogP) is 1.10. The number of nitrogens with zero attached hydrogens (tertiary/aromatic N) is 1. The molecule has 0 aliphatic carbocycles. The van der Waals surface area contributed by atoms with Crippen molar-refractivity contribution < 1.29 is 14.6 Å². The molecule has 5 heteroatoms. The number of para-hydroxylation sites is 1. The van der Waals surface area contributed by atoms with Crippen LogP contribution in [0.5, 0.6) is 0 Å². The summed E-state index contributed by atoms with van der Waals surface area (Å²) in [6.45, 7) is 4.03. The van der Waals surface area contributed by atoms with Crippen LogP contribution in [0.1, 0.15) is 11.1 Å². The lowest BCUT2D eigenvalue weighted by Gasteiger charge is -2.25. The number of ether oxygens (including phenoxy) is 1. The van der Waals surface area contributed by atoms with Crippen molar-refractivity contribution in [3.8, 4) is 0 Å². The van der Waals surface area contributed by atoms with Crippen LogP contribution in [0.2, 0.25) is 0 Å². The van der Waals surface area contributed by atoms with Crippen molar-refractivity contribution in [1.82, 2.24) is 5.01 Å². The Morgan fingerprint density at radius 2 is 2.00 bits per heavy atom. The Balaban J connectivity index is 2.86. The number of nitrogens with one attached hydrogen (secondary N) is 1. The molecule has 0 bridgehead atoms. The molecule has 0 spiro atoms. The Kier molecular flexibility index (Phi) is 5.61. The van der Waals surface area contributed by atoms with E-state index in [1.807, 2.05) is 32.0 Å². The third kappa shape index (κ3) is 3.72. The maximum absolute atomic E-state index is 11.8. The van der Waals surface area contributed by atoms with Gasteiger partial charge in [0, 0.05) is 7.11 Å². The lowest BCUT2D eigenvalue weighted by molar-refractivity contribution is -0.134. The molecule has 0 fully saturated rings. The van der Waals surface area contributed by atoms with Crippen LogP contribution in [0.15, 0.2) is 18.2 Å². The van der Waals surface area contributed by atoms with Gasteiger partial charge in [0.25, 0.3) is 5.91 Å². The van der Waals surface area contributed by atoms with Gasteiger partial charge in [-0.05, 0) is 25.0 Å². The maximum atomic E-state index is 11.8. The van der Waals surface area contributed by atoms with E-state index in [0.717, 1.165) is 16.8 Å². The van der Waals surface area contributed by atoms with Crippen LogP contribution >= 0.6 is 0 Å². The summed E-state index contributed by atoms with van der Waals surface area (Å²) in [5, 5.41) is 10.4. The molecule has 0 saturated carbocycles. The molecule has 5 nitrogen and oxygen atoms in total. The third-order valence-electron chi connectivity index (χ3n) is 2.62. The highest BCUT2D eigenvalue weighted by molar-refractivity contribution is 5.79. The number of aliphatic hydroxyl groups is 1. The fourth-order valence-corrected chi connectivity index (χ4v) is 1.67. The number of hydrogen-bond donors (Lipinski definition) is 2. The number of hydrogen-bond acceptors (Lipinski definition) is 4. The van der Waals surface area contributed by atoms with Gasteiger partial charge in [0.1, 0.15) is 6.61 Å². The van der Waals surface area contributed by atoms with Crippen LogP contribution in [-0.2, 0) is 9.53 Å². The molecule has 0 unspecified atom stereocenters. The zero-order chi connectivity index (χ0) is 13.5. The van der Waals surface area contributed by atoms with Gasteiger partial charge < -0.3 is 9.84 Å². The molecular weight excluding hydrogens is 232 g/mol. The largest absolute Gasteiger partial charge is 0.394 e. The Labute approximate surface area is 107 Å². The highest BCUT2D eigenvalue weighted by Crippen LogP contribution is 2.20. The smallest absolute Gasteiger partial charge is 0.266 e. The molecule has 1 rings (SSSR count). The lowest BCUT2D eigenvalue weighted by atomic mass is 10.1.